The number of ether oxygens (including phenoxy) is 1. The summed E-state index contributed by atoms with van der Waals surface area (Å²) in [5.74, 6) is -0.699. The highest BCUT2D eigenvalue weighted by Gasteiger charge is 2.37. The van der Waals surface area contributed by atoms with E-state index in [-0.39, 0.29) is 11.8 Å². The molecule has 1 fully saturated rings. The van der Waals surface area contributed by atoms with Crippen LogP contribution in [0.3, 0.4) is 0 Å². The lowest BCUT2D eigenvalue weighted by Gasteiger charge is -2.41. The zero-order valence-corrected chi connectivity index (χ0v) is 12.9. The van der Waals surface area contributed by atoms with Crippen LogP contribution in [0.5, 0.6) is 5.75 Å². The molecule has 0 spiro atoms. The number of carboxylic acid groups (broad SMARTS) is 1. The Bertz CT molecular complexity index is 540. The number of hydrogen-bond donors (Lipinski definition) is 1. The molecule has 0 radical (unpaired) electrons. The molecule has 5 nitrogen and oxygen atoms in total. The molecule has 1 aromatic rings. The number of rotatable bonds is 4. The first-order chi connectivity index (χ1) is 9.43. The van der Waals surface area contributed by atoms with Gasteiger partial charge in [-0.3, -0.25) is 9.59 Å². The smallest absolute Gasteiger partial charge is 0.306 e. The maximum Gasteiger partial charge on any atom is 0.306 e. The van der Waals surface area contributed by atoms with E-state index in [0.717, 1.165) is 0 Å². The van der Waals surface area contributed by atoms with Crippen molar-refractivity contribution in [2.45, 2.75) is 6.92 Å². The van der Waals surface area contributed by atoms with Gasteiger partial charge in [-0.25, -0.2) is 0 Å². The summed E-state index contributed by atoms with van der Waals surface area (Å²) in [6.07, 6.45) is 0. The fourth-order valence-electron chi connectivity index (χ4n) is 2.16. The molecule has 1 aromatic carbocycles. The van der Waals surface area contributed by atoms with Gasteiger partial charge in [0.2, 0.25) is 0 Å². The van der Waals surface area contributed by atoms with Gasteiger partial charge in [-0.2, -0.15) is 0 Å². The van der Waals surface area contributed by atoms with E-state index < -0.39 is 11.9 Å². The minimum Gasteiger partial charge on any atom is -0.497 e. The fourth-order valence-corrected chi connectivity index (χ4v) is 2.58. The minimum absolute atomic E-state index is 0.0285. The van der Waals surface area contributed by atoms with Crippen molar-refractivity contribution in [3.05, 3.63) is 28.2 Å². The zero-order chi connectivity index (χ0) is 14.9. The van der Waals surface area contributed by atoms with Crippen molar-refractivity contribution in [2.75, 3.05) is 20.2 Å². The molecule has 1 unspecified atom stereocenters. The van der Waals surface area contributed by atoms with E-state index >= 15 is 0 Å². The van der Waals surface area contributed by atoms with Gasteiger partial charge in [0.25, 0.3) is 5.91 Å². The van der Waals surface area contributed by atoms with E-state index in [4.69, 9.17) is 9.84 Å². The summed E-state index contributed by atoms with van der Waals surface area (Å²) in [5, 5.41) is 8.94. The number of aliphatic carboxylic acids is 1. The summed E-state index contributed by atoms with van der Waals surface area (Å²) in [7, 11) is 1.55. The predicted molar refractivity (Wildman–Crippen MR) is 76.9 cm³/mol. The summed E-state index contributed by atoms with van der Waals surface area (Å²) >= 11 is 3.35. The average Bonchev–Trinajstić information content (AvgIpc) is 2.37. The van der Waals surface area contributed by atoms with Crippen LogP contribution in [0.1, 0.15) is 17.3 Å². The van der Waals surface area contributed by atoms with E-state index in [1.54, 1.807) is 37.1 Å². The van der Waals surface area contributed by atoms with Crippen molar-refractivity contribution in [3.63, 3.8) is 0 Å². The molecule has 2 rings (SSSR count). The number of carbonyl (C=O) groups is 2. The lowest BCUT2D eigenvalue weighted by Crippen LogP contribution is -2.53. The number of nitrogens with zero attached hydrogens (tertiary/aromatic N) is 1. The Labute approximate surface area is 125 Å². The van der Waals surface area contributed by atoms with Gasteiger partial charge in [-0.05, 0) is 34.1 Å². The van der Waals surface area contributed by atoms with Crippen molar-refractivity contribution < 1.29 is 19.4 Å². The third-order valence-electron chi connectivity index (χ3n) is 3.70. The molecule has 0 bridgehead atoms. The number of likely N-dealkylation sites (tertiary alicyclic amines) is 1. The molecular weight excluding hydrogens is 326 g/mol. The molecule has 1 saturated heterocycles. The standard InChI is InChI=1S/C14H16BrNO4/c1-8(14(18)19)9-6-16(7-9)13(17)11-5-10(20-2)3-4-12(11)15/h3-5,8-9H,6-7H2,1-2H3,(H,18,19). The van der Waals surface area contributed by atoms with E-state index in [2.05, 4.69) is 15.9 Å². The van der Waals surface area contributed by atoms with E-state index in [9.17, 15) is 9.59 Å². The second kappa shape index (κ2) is 5.83. The van der Waals surface area contributed by atoms with Crippen LogP contribution in [0.25, 0.3) is 0 Å². The van der Waals surface area contributed by atoms with E-state index in [0.29, 0.717) is 28.9 Å². The summed E-state index contributed by atoms with van der Waals surface area (Å²) in [6.45, 7) is 2.64. The molecule has 0 saturated carbocycles. The maximum absolute atomic E-state index is 12.3. The first kappa shape index (κ1) is 14.8. The molecular formula is C14H16BrNO4. The Morgan fingerprint density at radius 1 is 1.45 bits per heavy atom. The van der Waals surface area contributed by atoms with Gasteiger partial charge in [0.1, 0.15) is 5.75 Å². The zero-order valence-electron chi connectivity index (χ0n) is 11.3. The van der Waals surface area contributed by atoms with Crippen LogP contribution in [0, 0.1) is 11.8 Å². The van der Waals surface area contributed by atoms with Crippen LogP contribution in [-0.4, -0.2) is 42.1 Å². The normalized spacial score (nSPS) is 16.4. The lowest BCUT2D eigenvalue weighted by atomic mass is 9.86. The molecule has 1 N–H and O–H groups in total. The molecule has 0 aliphatic carbocycles. The Balaban J connectivity index is 2.06. The number of hydrogen-bond acceptors (Lipinski definition) is 3. The topological polar surface area (TPSA) is 66.8 Å². The fraction of sp³-hybridized carbons (Fsp3) is 0.429. The third-order valence-corrected chi connectivity index (χ3v) is 4.39. The minimum atomic E-state index is -0.815. The first-order valence-electron chi connectivity index (χ1n) is 6.29. The molecule has 1 aliphatic rings. The Morgan fingerprint density at radius 2 is 2.10 bits per heavy atom. The van der Waals surface area contributed by atoms with Crippen LogP contribution in [0.15, 0.2) is 22.7 Å². The molecule has 1 amide bonds. The molecule has 1 atom stereocenters. The van der Waals surface area contributed by atoms with Gasteiger partial charge < -0.3 is 14.7 Å². The predicted octanol–water partition coefficient (Wildman–Crippen LogP) is 2.25. The maximum atomic E-state index is 12.3. The Morgan fingerprint density at radius 3 is 2.65 bits per heavy atom. The van der Waals surface area contributed by atoms with Crippen LogP contribution in [0.4, 0.5) is 0 Å². The van der Waals surface area contributed by atoms with Crippen molar-refractivity contribution in [3.8, 4) is 5.75 Å². The van der Waals surface area contributed by atoms with Gasteiger partial charge >= 0.3 is 5.97 Å². The molecule has 108 valence electrons. The van der Waals surface area contributed by atoms with Gasteiger partial charge in [0.15, 0.2) is 0 Å². The molecule has 0 aromatic heterocycles. The van der Waals surface area contributed by atoms with Gasteiger partial charge in [-0.1, -0.05) is 6.92 Å². The van der Waals surface area contributed by atoms with Crippen molar-refractivity contribution in [1.29, 1.82) is 0 Å². The number of carbonyl (C=O) groups excluding carboxylic acids is 1. The SMILES string of the molecule is COc1ccc(Br)c(C(=O)N2CC(C(C)C(=O)O)C2)c1. The van der Waals surface area contributed by atoms with Crippen molar-refractivity contribution in [1.82, 2.24) is 4.90 Å². The average molecular weight is 342 g/mol. The monoisotopic (exact) mass is 341 g/mol. The summed E-state index contributed by atoms with van der Waals surface area (Å²) in [4.78, 5) is 24.9. The quantitative estimate of drug-likeness (QED) is 0.911. The van der Waals surface area contributed by atoms with E-state index in [1.165, 1.54) is 0 Å². The lowest BCUT2D eigenvalue weighted by molar-refractivity contribution is -0.144. The van der Waals surface area contributed by atoms with Crippen molar-refractivity contribution in [2.24, 2.45) is 11.8 Å². The van der Waals surface area contributed by atoms with Crippen LogP contribution in [0.2, 0.25) is 0 Å². The van der Waals surface area contributed by atoms with E-state index in [1.807, 2.05) is 0 Å². The number of methoxy groups -OCH3 is 1. The highest BCUT2D eigenvalue weighted by Crippen LogP contribution is 2.29. The third kappa shape index (κ3) is 2.80. The van der Waals surface area contributed by atoms with Gasteiger partial charge in [0, 0.05) is 23.5 Å². The Kier molecular flexibility index (Phi) is 4.32. The second-order valence-corrected chi connectivity index (χ2v) is 5.80. The largest absolute Gasteiger partial charge is 0.497 e. The molecule has 1 aliphatic heterocycles. The second-order valence-electron chi connectivity index (χ2n) is 4.94. The highest BCUT2D eigenvalue weighted by molar-refractivity contribution is 9.10. The number of amides is 1. The highest BCUT2D eigenvalue weighted by atomic mass is 79.9. The summed E-state index contributed by atoms with van der Waals surface area (Å²) in [5.41, 5.74) is 0.533. The molecule has 1 heterocycles. The van der Waals surface area contributed by atoms with Crippen LogP contribution < -0.4 is 4.74 Å². The van der Waals surface area contributed by atoms with Crippen LogP contribution in [-0.2, 0) is 4.79 Å². The van der Waals surface area contributed by atoms with Gasteiger partial charge in [0.05, 0.1) is 18.6 Å². The summed E-state index contributed by atoms with van der Waals surface area (Å²) in [6, 6.07) is 5.22. The number of halogens is 1. The Hall–Kier alpha value is -1.56. The number of benzene rings is 1. The summed E-state index contributed by atoms with van der Waals surface area (Å²) < 4.78 is 5.82. The van der Waals surface area contributed by atoms with Gasteiger partial charge in [-0.15, -0.1) is 0 Å². The molecule has 6 heteroatoms. The number of carboxylic acids is 1. The molecule has 20 heavy (non-hydrogen) atoms. The first-order valence-corrected chi connectivity index (χ1v) is 7.09. The van der Waals surface area contributed by atoms with Crippen molar-refractivity contribution >= 4 is 27.8 Å². The van der Waals surface area contributed by atoms with Crippen LogP contribution >= 0.6 is 15.9 Å².